The minimum atomic E-state index is 0.0123. The summed E-state index contributed by atoms with van der Waals surface area (Å²) in [6.07, 6.45) is 5.40. The molecule has 5 heteroatoms. The highest BCUT2D eigenvalue weighted by Crippen LogP contribution is 2.30. The molecule has 1 unspecified atom stereocenters. The molecule has 1 aliphatic rings. The van der Waals surface area contributed by atoms with Crippen LogP contribution < -0.4 is 5.73 Å². The van der Waals surface area contributed by atoms with E-state index in [1.54, 1.807) is 6.20 Å². The lowest BCUT2D eigenvalue weighted by atomic mass is 9.93. The summed E-state index contributed by atoms with van der Waals surface area (Å²) < 4.78 is 1.86. The van der Waals surface area contributed by atoms with Gasteiger partial charge in [-0.05, 0) is 48.8 Å². The SMILES string of the molecule is NC(CC1CCSCC1)c1cnnn1-c1ccccc1. The second kappa shape index (κ2) is 6.41. The zero-order valence-electron chi connectivity index (χ0n) is 11.5. The Morgan fingerprint density at radius 3 is 2.75 bits per heavy atom. The molecule has 106 valence electrons. The molecule has 0 saturated carbocycles. The van der Waals surface area contributed by atoms with E-state index in [9.17, 15) is 0 Å². The zero-order chi connectivity index (χ0) is 13.8. The Hall–Kier alpha value is -1.33. The maximum Gasteiger partial charge on any atom is 0.0813 e. The van der Waals surface area contributed by atoms with E-state index < -0.39 is 0 Å². The fraction of sp³-hybridized carbons (Fsp3) is 0.467. The first-order chi connectivity index (χ1) is 9.84. The summed E-state index contributed by atoms with van der Waals surface area (Å²) in [6.45, 7) is 0. The van der Waals surface area contributed by atoms with Crippen molar-refractivity contribution in [1.82, 2.24) is 15.0 Å². The first kappa shape index (κ1) is 13.6. The number of hydrogen-bond donors (Lipinski definition) is 1. The van der Waals surface area contributed by atoms with Crippen LogP contribution in [-0.2, 0) is 0 Å². The number of rotatable bonds is 4. The first-order valence-corrected chi connectivity index (χ1v) is 8.29. The molecule has 0 amide bonds. The number of thioether (sulfide) groups is 1. The molecule has 1 fully saturated rings. The molecule has 20 heavy (non-hydrogen) atoms. The van der Waals surface area contributed by atoms with Crippen LogP contribution in [0.2, 0.25) is 0 Å². The topological polar surface area (TPSA) is 56.7 Å². The van der Waals surface area contributed by atoms with E-state index in [1.165, 1.54) is 24.3 Å². The predicted molar refractivity (Wildman–Crippen MR) is 83.0 cm³/mol. The van der Waals surface area contributed by atoms with Crippen molar-refractivity contribution in [2.45, 2.75) is 25.3 Å². The lowest BCUT2D eigenvalue weighted by Crippen LogP contribution is -2.21. The van der Waals surface area contributed by atoms with Crippen molar-refractivity contribution in [1.29, 1.82) is 0 Å². The van der Waals surface area contributed by atoms with E-state index in [4.69, 9.17) is 5.73 Å². The van der Waals surface area contributed by atoms with Crippen LogP contribution in [0, 0.1) is 5.92 Å². The Balaban J connectivity index is 1.75. The molecule has 1 aliphatic heterocycles. The smallest absolute Gasteiger partial charge is 0.0813 e. The highest BCUT2D eigenvalue weighted by Gasteiger charge is 2.21. The minimum Gasteiger partial charge on any atom is -0.323 e. The van der Waals surface area contributed by atoms with Crippen LogP contribution >= 0.6 is 11.8 Å². The molecule has 1 saturated heterocycles. The third-order valence-corrected chi connectivity index (χ3v) is 4.93. The molecule has 2 heterocycles. The molecule has 0 spiro atoms. The van der Waals surface area contributed by atoms with Crippen LogP contribution in [0.5, 0.6) is 0 Å². The maximum atomic E-state index is 6.40. The van der Waals surface area contributed by atoms with Crippen molar-refractivity contribution in [3.05, 3.63) is 42.2 Å². The molecule has 1 aromatic heterocycles. The quantitative estimate of drug-likeness (QED) is 0.940. The lowest BCUT2D eigenvalue weighted by Gasteiger charge is -2.24. The van der Waals surface area contributed by atoms with Gasteiger partial charge < -0.3 is 5.73 Å². The fourth-order valence-electron chi connectivity index (χ4n) is 2.73. The first-order valence-electron chi connectivity index (χ1n) is 7.14. The molecule has 3 rings (SSSR count). The predicted octanol–water partition coefficient (Wildman–Crippen LogP) is 2.80. The number of aromatic nitrogens is 3. The highest BCUT2D eigenvalue weighted by atomic mass is 32.2. The van der Waals surface area contributed by atoms with E-state index >= 15 is 0 Å². The Bertz CT molecular complexity index is 534. The average Bonchev–Trinajstić information content (AvgIpc) is 2.99. The van der Waals surface area contributed by atoms with Crippen LogP contribution in [0.4, 0.5) is 0 Å². The molecule has 1 atom stereocenters. The summed E-state index contributed by atoms with van der Waals surface area (Å²) >= 11 is 2.05. The van der Waals surface area contributed by atoms with Gasteiger partial charge in [-0.25, -0.2) is 4.68 Å². The summed E-state index contributed by atoms with van der Waals surface area (Å²) in [4.78, 5) is 0. The van der Waals surface area contributed by atoms with Crippen molar-refractivity contribution in [2.75, 3.05) is 11.5 Å². The Morgan fingerprint density at radius 1 is 1.25 bits per heavy atom. The summed E-state index contributed by atoms with van der Waals surface area (Å²) in [5.74, 6) is 3.28. The van der Waals surface area contributed by atoms with Gasteiger partial charge in [0.2, 0.25) is 0 Å². The van der Waals surface area contributed by atoms with Gasteiger partial charge in [0.25, 0.3) is 0 Å². The van der Waals surface area contributed by atoms with Gasteiger partial charge in [0, 0.05) is 6.04 Å². The average molecular weight is 288 g/mol. The second-order valence-corrected chi connectivity index (χ2v) is 6.53. The Kier molecular flexibility index (Phi) is 4.38. The third kappa shape index (κ3) is 3.04. The van der Waals surface area contributed by atoms with Crippen LogP contribution in [0.3, 0.4) is 0 Å². The van der Waals surface area contributed by atoms with E-state index in [-0.39, 0.29) is 6.04 Å². The van der Waals surface area contributed by atoms with Gasteiger partial charge in [-0.1, -0.05) is 23.4 Å². The van der Waals surface area contributed by atoms with Gasteiger partial charge in [0.1, 0.15) is 0 Å². The molecule has 4 nitrogen and oxygen atoms in total. The maximum absolute atomic E-state index is 6.40. The lowest BCUT2D eigenvalue weighted by molar-refractivity contribution is 0.405. The number of hydrogen-bond acceptors (Lipinski definition) is 4. The molecule has 0 radical (unpaired) electrons. The van der Waals surface area contributed by atoms with Crippen LogP contribution in [0.15, 0.2) is 36.5 Å². The molecule has 0 aliphatic carbocycles. The van der Waals surface area contributed by atoms with Gasteiger partial charge in [-0.3, -0.25) is 0 Å². The molecule has 0 bridgehead atoms. The number of nitrogens with zero attached hydrogens (tertiary/aromatic N) is 3. The van der Waals surface area contributed by atoms with Gasteiger partial charge in [-0.15, -0.1) is 5.10 Å². The second-order valence-electron chi connectivity index (χ2n) is 5.30. The van der Waals surface area contributed by atoms with Gasteiger partial charge in [-0.2, -0.15) is 11.8 Å². The van der Waals surface area contributed by atoms with E-state index in [2.05, 4.69) is 22.1 Å². The molecule has 2 N–H and O–H groups in total. The van der Waals surface area contributed by atoms with E-state index in [1.807, 2.05) is 35.0 Å². The number of benzene rings is 1. The molecular formula is C15H20N4S. The zero-order valence-corrected chi connectivity index (χ0v) is 12.3. The van der Waals surface area contributed by atoms with Crippen molar-refractivity contribution < 1.29 is 0 Å². The van der Waals surface area contributed by atoms with Crippen molar-refractivity contribution in [3.8, 4) is 5.69 Å². The third-order valence-electron chi connectivity index (χ3n) is 3.88. The van der Waals surface area contributed by atoms with Crippen LogP contribution in [-0.4, -0.2) is 26.5 Å². The van der Waals surface area contributed by atoms with Crippen molar-refractivity contribution >= 4 is 11.8 Å². The van der Waals surface area contributed by atoms with Gasteiger partial charge in [0.15, 0.2) is 0 Å². The highest BCUT2D eigenvalue weighted by molar-refractivity contribution is 7.99. The summed E-state index contributed by atoms with van der Waals surface area (Å²) in [5.41, 5.74) is 8.43. The Labute approximate surface area is 123 Å². The molecular weight excluding hydrogens is 268 g/mol. The molecule has 2 aromatic rings. The summed E-state index contributed by atoms with van der Waals surface area (Å²) in [7, 11) is 0. The van der Waals surface area contributed by atoms with Crippen LogP contribution in [0.1, 0.15) is 31.0 Å². The van der Waals surface area contributed by atoms with Crippen molar-refractivity contribution in [2.24, 2.45) is 11.7 Å². The standard InChI is InChI=1S/C15H20N4S/c16-14(10-12-6-8-20-9-7-12)15-11-17-18-19(15)13-4-2-1-3-5-13/h1-5,11-12,14H,6-10,16H2. The summed E-state index contributed by atoms with van der Waals surface area (Å²) in [5, 5.41) is 8.22. The monoisotopic (exact) mass is 288 g/mol. The van der Waals surface area contributed by atoms with E-state index in [0.29, 0.717) is 0 Å². The fourth-order valence-corrected chi connectivity index (χ4v) is 3.93. The Morgan fingerprint density at radius 2 is 2.00 bits per heavy atom. The minimum absolute atomic E-state index is 0.0123. The van der Waals surface area contributed by atoms with Crippen LogP contribution in [0.25, 0.3) is 5.69 Å². The van der Waals surface area contributed by atoms with Gasteiger partial charge >= 0.3 is 0 Å². The largest absolute Gasteiger partial charge is 0.323 e. The van der Waals surface area contributed by atoms with Gasteiger partial charge in [0.05, 0.1) is 17.6 Å². The normalized spacial score (nSPS) is 18.1. The van der Waals surface area contributed by atoms with Crippen molar-refractivity contribution in [3.63, 3.8) is 0 Å². The molecule has 1 aromatic carbocycles. The number of para-hydroxylation sites is 1. The van der Waals surface area contributed by atoms with E-state index in [0.717, 1.165) is 23.7 Å². The summed E-state index contributed by atoms with van der Waals surface area (Å²) in [6, 6.07) is 10.1. The number of nitrogens with two attached hydrogens (primary N) is 1.